The molecule has 1 saturated carbocycles. The van der Waals surface area contributed by atoms with Crippen LogP contribution >= 0.6 is 0 Å². The van der Waals surface area contributed by atoms with E-state index in [1.807, 2.05) is 23.9 Å². The second kappa shape index (κ2) is 6.16. The Kier molecular flexibility index (Phi) is 4.08. The maximum atomic E-state index is 4.65. The van der Waals surface area contributed by atoms with E-state index in [1.54, 1.807) is 0 Å². The molecule has 0 aromatic carbocycles. The Morgan fingerprint density at radius 3 is 2.90 bits per heavy atom. The fraction of sp³-hybridized carbons (Fsp3) is 0.500. The molecule has 2 aromatic heterocycles. The van der Waals surface area contributed by atoms with E-state index in [1.165, 1.54) is 32.1 Å². The summed E-state index contributed by atoms with van der Waals surface area (Å²) < 4.78 is 2.03. The minimum absolute atomic E-state index is 0.532. The summed E-state index contributed by atoms with van der Waals surface area (Å²) in [5.41, 5.74) is 0.954. The molecule has 0 unspecified atom stereocenters. The van der Waals surface area contributed by atoms with E-state index in [9.17, 15) is 0 Å². The monoisotopic (exact) mass is 285 g/mol. The average Bonchev–Trinajstić information content (AvgIpc) is 2.88. The lowest BCUT2D eigenvalue weighted by Crippen LogP contribution is -2.23. The molecule has 5 nitrogen and oxygen atoms in total. The molecule has 112 valence electrons. The lowest BCUT2D eigenvalue weighted by molar-refractivity contribution is 0.462. The summed E-state index contributed by atoms with van der Waals surface area (Å²) in [5, 5.41) is 7.90. The average molecular weight is 285 g/mol. The summed E-state index contributed by atoms with van der Waals surface area (Å²) in [5.74, 6) is 1.60. The summed E-state index contributed by atoms with van der Waals surface area (Å²) in [7, 11) is 2.01. The van der Waals surface area contributed by atoms with Gasteiger partial charge in [0.2, 0.25) is 5.95 Å². The molecule has 21 heavy (non-hydrogen) atoms. The van der Waals surface area contributed by atoms with Gasteiger partial charge in [0, 0.05) is 25.8 Å². The Hall–Kier alpha value is -2.04. The molecule has 0 atom stereocenters. The lowest BCUT2D eigenvalue weighted by atomic mass is 9.95. The first-order valence-electron chi connectivity index (χ1n) is 7.72. The minimum atomic E-state index is 0.532. The standard InChI is InChI=1S/C16H23N5/c1-3-10-17-16-19-14(18-12-7-5-4-6-8-12)13-9-11-21(2)15(13)20-16/h3,9,11-12H,1,4-8,10H2,2H3,(H2,17,18,19,20). The van der Waals surface area contributed by atoms with Crippen LogP contribution in [0.5, 0.6) is 0 Å². The van der Waals surface area contributed by atoms with Crippen molar-refractivity contribution in [1.82, 2.24) is 14.5 Å². The summed E-state index contributed by atoms with van der Waals surface area (Å²) in [6.45, 7) is 4.39. The Balaban J connectivity index is 1.92. The predicted molar refractivity (Wildman–Crippen MR) is 87.7 cm³/mol. The molecule has 1 aliphatic carbocycles. The van der Waals surface area contributed by atoms with E-state index in [4.69, 9.17) is 0 Å². The summed E-state index contributed by atoms with van der Waals surface area (Å²) in [6, 6.07) is 2.61. The van der Waals surface area contributed by atoms with Crippen molar-refractivity contribution in [3.05, 3.63) is 24.9 Å². The largest absolute Gasteiger partial charge is 0.367 e. The number of aryl methyl sites for hydroxylation is 1. The molecule has 0 saturated heterocycles. The van der Waals surface area contributed by atoms with Gasteiger partial charge >= 0.3 is 0 Å². The van der Waals surface area contributed by atoms with Crippen LogP contribution in [0.2, 0.25) is 0 Å². The number of hydrogen-bond donors (Lipinski definition) is 2. The van der Waals surface area contributed by atoms with Crippen molar-refractivity contribution in [1.29, 1.82) is 0 Å². The van der Waals surface area contributed by atoms with Crippen molar-refractivity contribution < 1.29 is 0 Å². The highest BCUT2D eigenvalue weighted by molar-refractivity contribution is 5.88. The van der Waals surface area contributed by atoms with E-state index < -0.39 is 0 Å². The molecule has 2 N–H and O–H groups in total. The van der Waals surface area contributed by atoms with Crippen LogP contribution in [0.1, 0.15) is 32.1 Å². The molecule has 0 bridgehead atoms. The van der Waals surface area contributed by atoms with Crippen LogP contribution in [0.25, 0.3) is 11.0 Å². The van der Waals surface area contributed by atoms with Crippen molar-refractivity contribution in [3.63, 3.8) is 0 Å². The predicted octanol–water partition coefficient (Wildman–Crippen LogP) is 3.31. The van der Waals surface area contributed by atoms with Gasteiger partial charge in [-0.2, -0.15) is 9.97 Å². The van der Waals surface area contributed by atoms with Gasteiger partial charge in [0.1, 0.15) is 11.5 Å². The van der Waals surface area contributed by atoms with Crippen molar-refractivity contribution >= 4 is 22.8 Å². The van der Waals surface area contributed by atoms with Crippen LogP contribution in [0, 0.1) is 0 Å². The summed E-state index contributed by atoms with van der Waals surface area (Å²) in [4.78, 5) is 9.23. The van der Waals surface area contributed by atoms with Crippen LogP contribution in [0.3, 0.4) is 0 Å². The molecule has 1 aliphatic rings. The summed E-state index contributed by atoms with van der Waals surface area (Å²) >= 11 is 0. The molecule has 0 radical (unpaired) electrons. The molecule has 2 aromatic rings. The topological polar surface area (TPSA) is 54.8 Å². The van der Waals surface area contributed by atoms with Gasteiger partial charge < -0.3 is 15.2 Å². The Morgan fingerprint density at radius 1 is 1.33 bits per heavy atom. The third-order valence-corrected chi connectivity index (χ3v) is 4.07. The number of fused-ring (bicyclic) bond motifs is 1. The molecule has 0 spiro atoms. The Labute approximate surface area is 125 Å². The first kappa shape index (κ1) is 13.9. The molecule has 3 rings (SSSR count). The van der Waals surface area contributed by atoms with Crippen LogP contribution in [0.15, 0.2) is 24.9 Å². The van der Waals surface area contributed by atoms with Gasteiger partial charge in [0.15, 0.2) is 0 Å². The van der Waals surface area contributed by atoms with E-state index >= 15 is 0 Å². The third kappa shape index (κ3) is 3.01. The van der Waals surface area contributed by atoms with Crippen LogP contribution in [-0.2, 0) is 7.05 Å². The molecular formula is C16H23N5. The third-order valence-electron chi connectivity index (χ3n) is 4.07. The van der Waals surface area contributed by atoms with E-state index in [0.29, 0.717) is 18.5 Å². The highest BCUT2D eigenvalue weighted by atomic mass is 15.2. The number of nitrogens with one attached hydrogen (secondary N) is 2. The van der Waals surface area contributed by atoms with Crippen molar-refractivity contribution in [2.75, 3.05) is 17.2 Å². The lowest BCUT2D eigenvalue weighted by Gasteiger charge is -2.23. The van der Waals surface area contributed by atoms with Gasteiger partial charge in [0.05, 0.1) is 5.39 Å². The highest BCUT2D eigenvalue weighted by Gasteiger charge is 2.17. The van der Waals surface area contributed by atoms with Crippen molar-refractivity contribution in [3.8, 4) is 0 Å². The van der Waals surface area contributed by atoms with Gasteiger partial charge in [-0.05, 0) is 18.9 Å². The number of nitrogens with zero attached hydrogens (tertiary/aromatic N) is 3. The zero-order valence-electron chi connectivity index (χ0n) is 12.6. The SMILES string of the molecule is C=CCNc1nc(NC2CCCCC2)c2ccn(C)c2n1. The Bertz CT molecular complexity index is 625. The van der Waals surface area contributed by atoms with Crippen molar-refractivity contribution in [2.24, 2.45) is 7.05 Å². The number of aromatic nitrogens is 3. The molecule has 0 amide bonds. The quantitative estimate of drug-likeness (QED) is 0.828. The van der Waals surface area contributed by atoms with Gasteiger partial charge in [-0.1, -0.05) is 25.3 Å². The second-order valence-corrected chi connectivity index (χ2v) is 5.71. The maximum absolute atomic E-state index is 4.65. The Morgan fingerprint density at radius 2 is 2.14 bits per heavy atom. The van der Waals surface area contributed by atoms with Gasteiger partial charge in [-0.25, -0.2) is 0 Å². The maximum Gasteiger partial charge on any atom is 0.226 e. The van der Waals surface area contributed by atoms with E-state index in [2.05, 4.69) is 33.2 Å². The minimum Gasteiger partial charge on any atom is -0.367 e. The molecular weight excluding hydrogens is 262 g/mol. The van der Waals surface area contributed by atoms with E-state index in [-0.39, 0.29) is 0 Å². The van der Waals surface area contributed by atoms with Gasteiger partial charge in [0.25, 0.3) is 0 Å². The second-order valence-electron chi connectivity index (χ2n) is 5.71. The van der Waals surface area contributed by atoms with Gasteiger partial charge in [-0.3, -0.25) is 0 Å². The van der Waals surface area contributed by atoms with Crippen LogP contribution < -0.4 is 10.6 Å². The molecule has 5 heteroatoms. The number of rotatable bonds is 5. The van der Waals surface area contributed by atoms with Crippen LogP contribution in [0.4, 0.5) is 11.8 Å². The summed E-state index contributed by atoms with van der Waals surface area (Å²) in [6.07, 6.45) is 10.3. The van der Waals surface area contributed by atoms with Crippen LogP contribution in [-0.4, -0.2) is 27.1 Å². The normalized spacial score (nSPS) is 16.0. The van der Waals surface area contributed by atoms with E-state index in [0.717, 1.165) is 16.9 Å². The fourth-order valence-electron chi connectivity index (χ4n) is 2.93. The smallest absolute Gasteiger partial charge is 0.226 e. The zero-order valence-corrected chi connectivity index (χ0v) is 12.6. The number of hydrogen-bond acceptors (Lipinski definition) is 4. The van der Waals surface area contributed by atoms with Gasteiger partial charge in [-0.15, -0.1) is 6.58 Å². The zero-order chi connectivity index (χ0) is 14.7. The van der Waals surface area contributed by atoms with Crippen molar-refractivity contribution in [2.45, 2.75) is 38.1 Å². The number of anilines is 2. The first-order chi connectivity index (χ1) is 10.3. The highest BCUT2D eigenvalue weighted by Crippen LogP contribution is 2.26. The molecule has 2 heterocycles. The first-order valence-corrected chi connectivity index (χ1v) is 7.72. The molecule has 0 aliphatic heterocycles. The molecule has 1 fully saturated rings. The fourth-order valence-corrected chi connectivity index (χ4v) is 2.93.